The Labute approximate surface area is 211 Å². The molecule has 0 aliphatic heterocycles. The zero-order valence-corrected chi connectivity index (χ0v) is 21.0. The molecule has 8 nitrogen and oxygen atoms in total. The third kappa shape index (κ3) is 6.74. The zero-order chi connectivity index (χ0) is 26.1. The molecule has 184 valence electrons. The number of aromatic nitrogens is 2. The molecule has 0 atom stereocenters. The lowest BCUT2D eigenvalue weighted by atomic mass is 10.1. The molecular formula is C28H29N5O3. The number of likely N-dealkylation sites (N-methyl/N-ethyl adjacent to an activating group) is 1. The van der Waals surface area contributed by atoms with Crippen LogP contribution in [0.25, 0.3) is 17.3 Å². The van der Waals surface area contributed by atoms with E-state index in [-0.39, 0.29) is 5.57 Å². The third-order valence-electron chi connectivity index (χ3n) is 5.49. The molecule has 3 aromatic rings. The fourth-order valence-electron chi connectivity index (χ4n) is 3.72. The largest absolute Gasteiger partial charge is 0.497 e. The van der Waals surface area contributed by atoms with Gasteiger partial charge < -0.3 is 14.4 Å². The van der Waals surface area contributed by atoms with Crippen LogP contribution in [0.2, 0.25) is 0 Å². The molecule has 2 aromatic carbocycles. The third-order valence-corrected chi connectivity index (χ3v) is 5.49. The van der Waals surface area contributed by atoms with E-state index in [4.69, 9.17) is 14.7 Å². The number of aryl methyl sites for hydroxylation is 3. The second-order valence-corrected chi connectivity index (χ2v) is 8.40. The number of nitrogens with zero attached hydrogens (tertiary/aromatic N) is 5. The molecule has 0 aliphatic rings. The van der Waals surface area contributed by atoms with Crippen molar-refractivity contribution in [3.63, 3.8) is 0 Å². The van der Waals surface area contributed by atoms with Crippen LogP contribution in [0.4, 0.5) is 0 Å². The Hall–Kier alpha value is -4.56. The van der Waals surface area contributed by atoms with E-state index in [2.05, 4.69) is 17.2 Å². The van der Waals surface area contributed by atoms with Crippen LogP contribution in [0, 0.1) is 36.5 Å². The first-order chi connectivity index (χ1) is 17.3. The summed E-state index contributed by atoms with van der Waals surface area (Å²) in [6.07, 6.45) is 3.57. The predicted molar refractivity (Wildman–Crippen MR) is 137 cm³/mol. The highest BCUT2D eigenvalue weighted by molar-refractivity contribution is 6.02. The second-order valence-electron chi connectivity index (χ2n) is 8.40. The van der Waals surface area contributed by atoms with Gasteiger partial charge in [0.25, 0.3) is 5.91 Å². The second kappa shape index (κ2) is 12.2. The minimum absolute atomic E-state index is 0.0153. The number of benzene rings is 2. The minimum atomic E-state index is -0.410. The van der Waals surface area contributed by atoms with E-state index in [0.29, 0.717) is 43.1 Å². The summed E-state index contributed by atoms with van der Waals surface area (Å²) in [5.74, 6) is 1.04. The fraction of sp³-hybridized carbons (Fsp3) is 0.286. The summed E-state index contributed by atoms with van der Waals surface area (Å²) < 4.78 is 12.7. The number of amides is 1. The Bertz CT molecular complexity index is 1310. The first kappa shape index (κ1) is 26.1. The summed E-state index contributed by atoms with van der Waals surface area (Å²) in [4.78, 5) is 14.5. The lowest BCUT2D eigenvalue weighted by molar-refractivity contribution is -0.125. The van der Waals surface area contributed by atoms with Crippen molar-refractivity contribution in [3.8, 4) is 34.9 Å². The topological polar surface area (TPSA) is 104 Å². The van der Waals surface area contributed by atoms with E-state index in [9.17, 15) is 10.1 Å². The van der Waals surface area contributed by atoms with Gasteiger partial charge >= 0.3 is 0 Å². The Morgan fingerprint density at radius 3 is 2.42 bits per heavy atom. The van der Waals surface area contributed by atoms with Gasteiger partial charge in [-0.15, -0.1) is 0 Å². The first-order valence-electron chi connectivity index (χ1n) is 11.5. The van der Waals surface area contributed by atoms with Crippen LogP contribution in [0.15, 0.2) is 54.2 Å². The van der Waals surface area contributed by atoms with Gasteiger partial charge in [0, 0.05) is 24.4 Å². The van der Waals surface area contributed by atoms with Crippen molar-refractivity contribution in [2.45, 2.75) is 26.8 Å². The average Bonchev–Trinajstić information content (AvgIpc) is 3.27. The Balaban J connectivity index is 1.79. The molecule has 8 heteroatoms. The SMILES string of the molecule is COc1ccc(-c2nn(CCC#N)cc2/C=C(\C#N)C(=O)N(C)CCOc2cc(C)cc(C)c2)cc1. The molecule has 1 amide bonds. The van der Waals surface area contributed by atoms with E-state index in [1.165, 1.54) is 4.90 Å². The number of rotatable bonds is 10. The van der Waals surface area contributed by atoms with Crippen LogP contribution in [0.3, 0.4) is 0 Å². The molecule has 1 heterocycles. The van der Waals surface area contributed by atoms with Crippen LogP contribution < -0.4 is 9.47 Å². The van der Waals surface area contributed by atoms with Gasteiger partial charge in [0.2, 0.25) is 0 Å². The van der Waals surface area contributed by atoms with Crippen molar-refractivity contribution in [2.24, 2.45) is 0 Å². The molecule has 0 aliphatic carbocycles. The fourth-order valence-corrected chi connectivity index (χ4v) is 3.72. The number of carbonyl (C=O) groups excluding carboxylic acids is 1. The van der Waals surface area contributed by atoms with Gasteiger partial charge in [-0.05, 0) is 67.4 Å². The molecule has 0 N–H and O–H groups in total. The molecule has 0 saturated carbocycles. The molecule has 0 spiro atoms. The number of ether oxygens (including phenoxy) is 2. The van der Waals surface area contributed by atoms with Gasteiger partial charge in [0.05, 0.1) is 38.4 Å². The molecule has 0 fully saturated rings. The molecular weight excluding hydrogens is 454 g/mol. The van der Waals surface area contributed by atoms with Gasteiger partial charge in [-0.2, -0.15) is 15.6 Å². The lowest BCUT2D eigenvalue weighted by Crippen LogP contribution is -2.31. The van der Waals surface area contributed by atoms with Crippen molar-refractivity contribution < 1.29 is 14.3 Å². The summed E-state index contributed by atoms with van der Waals surface area (Å²) >= 11 is 0. The molecule has 0 saturated heterocycles. The number of hydrogen-bond acceptors (Lipinski definition) is 6. The summed E-state index contributed by atoms with van der Waals surface area (Å²) in [5, 5.41) is 23.3. The van der Waals surface area contributed by atoms with Gasteiger partial charge in [-0.3, -0.25) is 9.48 Å². The normalized spacial score (nSPS) is 10.9. The van der Waals surface area contributed by atoms with Crippen LogP contribution in [0.1, 0.15) is 23.1 Å². The van der Waals surface area contributed by atoms with Crippen molar-refractivity contribution in [1.82, 2.24) is 14.7 Å². The van der Waals surface area contributed by atoms with Crippen LogP contribution in [-0.2, 0) is 11.3 Å². The molecule has 36 heavy (non-hydrogen) atoms. The van der Waals surface area contributed by atoms with Crippen LogP contribution >= 0.6 is 0 Å². The maximum atomic E-state index is 13.0. The lowest BCUT2D eigenvalue weighted by Gasteiger charge is -2.17. The molecule has 0 radical (unpaired) electrons. The smallest absolute Gasteiger partial charge is 0.264 e. The monoisotopic (exact) mass is 483 g/mol. The van der Waals surface area contributed by atoms with E-state index in [0.717, 1.165) is 22.4 Å². The quantitative estimate of drug-likeness (QED) is 0.310. The Morgan fingerprint density at radius 1 is 1.11 bits per heavy atom. The first-order valence-corrected chi connectivity index (χ1v) is 11.5. The summed E-state index contributed by atoms with van der Waals surface area (Å²) in [7, 11) is 3.23. The van der Waals surface area contributed by atoms with E-state index in [1.807, 2.05) is 56.3 Å². The van der Waals surface area contributed by atoms with E-state index in [1.54, 1.807) is 31.1 Å². The highest BCUT2D eigenvalue weighted by Crippen LogP contribution is 2.26. The van der Waals surface area contributed by atoms with Crippen molar-refractivity contribution in [1.29, 1.82) is 10.5 Å². The number of nitriles is 2. The Kier molecular flexibility index (Phi) is 8.85. The Morgan fingerprint density at radius 2 is 1.81 bits per heavy atom. The molecule has 0 bridgehead atoms. The van der Waals surface area contributed by atoms with Gasteiger partial charge in [-0.25, -0.2) is 0 Å². The summed E-state index contributed by atoms with van der Waals surface area (Å²) in [6, 6.07) is 17.4. The van der Waals surface area contributed by atoms with E-state index < -0.39 is 5.91 Å². The van der Waals surface area contributed by atoms with Crippen molar-refractivity contribution in [2.75, 3.05) is 27.3 Å². The number of hydrogen-bond donors (Lipinski definition) is 0. The van der Waals surface area contributed by atoms with Crippen molar-refractivity contribution in [3.05, 3.63) is 70.9 Å². The minimum Gasteiger partial charge on any atom is -0.497 e. The summed E-state index contributed by atoms with van der Waals surface area (Å²) in [6.45, 7) is 5.02. The zero-order valence-electron chi connectivity index (χ0n) is 21.0. The van der Waals surface area contributed by atoms with Crippen molar-refractivity contribution >= 4 is 12.0 Å². The van der Waals surface area contributed by atoms with Gasteiger partial charge in [-0.1, -0.05) is 6.07 Å². The summed E-state index contributed by atoms with van der Waals surface area (Å²) in [5.41, 5.74) is 4.22. The molecule has 0 unspecified atom stereocenters. The molecule has 3 rings (SSSR count). The van der Waals surface area contributed by atoms with Crippen LogP contribution in [-0.4, -0.2) is 47.9 Å². The maximum absolute atomic E-state index is 13.0. The number of methoxy groups -OCH3 is 1. The number of carbonyl (C=O) groups is 1. The predicted octanol–water partition coefficient (Wildman–Crippen LogP) is 4.53. The van der Waals surface area contributed by atoms with Gasteiger partial charge in [0.1, 0.15) is 29.7 Å². The standard InChI is InChI=1S/C28H29N5O3/c1-20-14-21(2)16-26(15-20)36-13-12-32(3)28(34)23(18-30)17-24-19-33(11-5-10-29)31-27(24)22-6-8-25(35-4)9-7-22/h6-9,14-17,19H,5,11-13H2,1-4H3/b23-17+. The highest BCUT2D eigenvalue weighted by Gasteiger charge is 2.18. The maximum Gasteiger partial charge on any atom is 0.264 e. The highest BCUT2D eigenvalue weighted by atomic mass is 16.5. The average molecular weight is 484 g/mol. The van der Waals surface area contributed by atoms with Gasteiger partial charge in [0.15, 0.2) is 0 Å². The van der Waals surface area contributed by atoms with Crippen LogP contribution in [0.5, 0.6) is 11.5 Å². The molecule has 1 aromatic heterocycles. The van der Waals surface area contributed by atoms with E-state index >= 15 is 0 Å².